The molecule has 0 aliphatic heterocycles. The molecule has 7 nitrogen and oxygen atoms in total. The minimum atomic E-state index is -3.86. The molecule has 1 unspecified atom stereocenters. The lowest BCUT2D eigenvalue weighted by Crippen LogP contribution is -2.40. The molecule has 0 spiro atoms. The van der Waals surface area contributed by atoms with Gasteiger partial charge in [-0.25, -0.2) is 17.9 Å². The molecule has 3 N–H and O–H groups in total. The summed E-state index contributed by atoms with van der Waals surface area (Å²) in [6.45, 7) is 1.13. The fraction of sp³-hybridized carbons (Fsp3) is 0.500. The highest BCUT2D eigenvalue weighted by Gasteiger charge is 2.24. The molecule has 0 radical (unpaired) electrons. The first-order valence-corrected chi connectivity index (χ1v) is 7.57. The third-order valence-electron chi connectivity index (χ3n) is 2.26. The maximum atomic E-state index is 12.0. The van der Waals surface area contributed by atoms with E-state index in [2.05, 4.69) is 4.72 Å². The first-order valence-electron chi connectivity index (χ1n) is 5.27. The van der Waals surface area contributed by atoms with Gasteiger partial charge in [0.2, 0.25) is 10.0 Å². The normalized spacial score (nSPS) is 13.4. The lowest BCUT2D eigenvalue weighted by atomic mass is 10.3. The van der Waals surface area contributed by atoms with Crippen molar-refractivity contribution in [3.05, 3.63) is 16.5 Å². The summed E-state index contributed by atoms with van der Waals surface area (Å²) in [5, 5.41) is 17.9. The summed E-state index contributed by atoms with van der Waals surface area (Å²) in [6.07, 6.45) is 0. The van der Waals surface area contributed by atoms with E-state index in [1.807, 2.05) is 0 Å². The summed E-state index contributed by atoms with van der Waals surface area (Å²) >= 11 is 0.673. The van der Waals surface area contributed by atoms with Crippen molar-refractivity contribution in [2.45, 2.75) is 17.2 Å². The Kier molecular flexibility index (Phi) is 5.44. The maximum Gasteiger partial charge on any atom is 0.346 e. The van der Waals surface area contributed by atoms with E-state index in [9.17, 15) is 13.2 Å². The van der Waals surface area contributed by atoms with Crippen LogP contribution < -0.4 is 4.72 Å². The van der Waals surface area contributed by atoms with Crippen LogP contribution in [0.15, 0.2) is 10.3 Å². The summed E-state index contributed by atoms with van der Waals surface area (Å²) in [6, 6.07) is 0.517. The summed E-state index contributed by atoms with van der Waals surface area (Å²) in [7, 11) is -2.48. The van der Waals surface area contributed by atoms with Gasteiger partial charge >= 0.3 is 5.97 Å². The minimum Gasteiger partial charge on any atom is -0.477 e. The SMILES string of the molecule is COCC(CO)NS(=O)(=O)c1cc(C)c(C(=O)O)s1. The van der Waals surface area contributed by atoms with Gasteiger partial charge < -0.3 is 14.9 Å². The number of nitrogens with one attached hydrogen (secondary N) is 1. The van der Waals surface area contributed by atoms with Crippen molar-refractivity contribution in [1.29, 1.82) is 0 Å². The predicted molar refractivity (Wildman–Crippen MR) is 69.1 cm³/mol. The van der Waals surface area contributed by atoms with Crippen LogP contribution in [-0.2, 0) is 14.8 Å². The van der Waals surface area contributed by atoms with E-state index in [-0.39, 0.29) is 15.7 Å². The van der Waals surface area contributed by atoms with Gasteiger partial charge in [0.15, 0.2) is 0 Å². The molecule has 0 bridgehead atoms. The van der Waals surface area contributed by atoms with Crippen molar-refractivity contribution >= 4 is 27.3 Å². The molecular weight excluding hydrogens is 294 g/mol. The Balaban J connectivity index is 3.00. The van der Waals surface area contributed by atoms with Gasteiger partial charge in [-0.2, -0.15) is 0 Å². The number of rotatable bonds is 7. The second kappa shape index (κ2) is 6.44. The molecule has 1 aromatic rings. The second-order valence-electron chi connectivity index (χ2n) is 3.84. The molecule has 9 heteroatoms. The molecule has 0 aromatic carbocycles. The molecule has 0 aliphatic carbocycles. The standard InChI is InChI=1S/C10H15NO6S2/c1-6-3-8(18-9(6)10(13)14)19(15,16)11-7(4-12)5-17-2/h3,7,11-12H,4-5H2,1-2H3,(H,13,14). The molecule has 19 heavy (non-hydrogen) atoms. The van der Waals surface area contributed by atoms with Gasteiger partial charge in [0, 0.05) is 7.11 Å². The fourth-order valence-electron chi connectivity index (χ4n) is 1.40. The molecule has 0 aliphatic rings. The van der Waals surface area contributed by atoms with Crippen LogP contribution >= 0.6 is 11.3 Å². The lowest BCUT2D eigenvalue weighted by molar-refractivity contribution is 0.0701. The van der Waals surface area contributed by atoms with Crippen molar-refractivity contribution in [3.8, 4) is 0 Å². The van der Waals surface area contributed by atoms with Crippen LogP contribution in [0.2, 0.25) is 0 Å². The van der Waals surface area contributed by atoms with Gasteiger partial charge in [0.1, 0.15) is 9.09 Å². The van der Waals surface area contributed by atoms with Gasteiger partial charge in [-0.15, -0.1) is 11.3 Å². The molecule has 1 aromatic heterocycles. The quantitative estimate of drug-likeness (QED) is 0.655. The van der Waals surface area contributed by atoms with E-state index in [0.717, 1.165) is 0 Å². The lowest BCUT2D eigenvalue weighted by Gasteiger charge is -2.14. The summed E-state index contributed by atoms with van der Waals surface area (Å²) in [5.41, 5.74) is 0.380. The van der Waals surface area contributed by atoms with Crippen molar-refractivity contribution in [2.24, 2.45) is 0 Å². The Morgan fingerprint density at radius 2 is 2.21 bits per heavy atom. The molecule has 0 amide bonds. The third kappa shape index (κ3) is 3.98. The first kappa shape index (κ1) is 16.1. The number of carbonyl (C=O) groups is 1. The van der Waals surface area contributed by atoms with E-state index in [1.54, 1.807) is 0 Å². The zero-order chi connectivity index (χ0) is 14.6. The molecule has 108 valence electrons. The highest BCUT2D eigenvalue weighted by atomic mass is 32.2. The monoisotopic (exact) mass is 309 g/mol. The van der Waals surface area contributed by atoms with Crippen molar-refractivity contribution in [2.75, 3.05) is 20.3 Å². The third-order valence-corrected chi connectivity index (χ3v) is 5.48. The smallest absolute Gasteiger partial charge is 0.346 e. The van der Waals surface area contributed by atoms with Crippen LogP contribution in [0.4, 0.5) is 0 Å². The molecule has 1 atom stereocenters. The number of aliphatic hydroxyl groups excluding tert-OH is 1. The van der Waals surface area contributed by atoms with Gasteiger partial charge in [-0.3, -0.25) is 0 Å². The zero-order valence-corrected chi connectivity index (χ0v) is 12.0. The van der Waals surface area contributed by atoms with E-state index in [0.29, 0.717) is 16.9 Å². The Morgan fingerprint density at radius 3 is 2.63 bits per heavy atom. The van der Waals surface area contributed by atoms with E-state index < -0.39 is 28.6 Å². The average molecular weight is 309 g/mol. The van der Waals surface area contributed by atoms with Gasteiger partial charge in [-0.05, 0) is 18.6 Å². The summed E-state index contributed by atoms with van der Waals surface area (Å²) < 4.78 is 30.9. The van der Waals surface area contributed by atoms with Crippen molar-refractivity contribution in [3.63, 3.8) is 0 Å². The predicted octanol–water partition coefficient (Wildman–Crippen LogP) is 0.0403. The first-order chi connectivity index (χ1) is 8.81. The number of thiophene rings is 1. The van der Waals surface area contributed by atoms with Crippen LogP contribution in [-0.4, -0.2) is 51.0 Å². The van der Waals surface area contributed by atoms with Crippen LogP contribution in [0, 0.1) is 6.92 Å². The van der Waals surface area contributed by atoms with Crippen LogP contribution in [0.1, 0.15) is 15.2 Å². The largest absolute Gasteiger partial charge is 0.477 e. The van der Waals surface area contributed by atoms with E-state index in [1.165, 1.54) is 20.1 Å². The van der Waals surface area contributed by atoms with Crippen LogP contribution in [0.25, 0.3) is 0 Å². The molecule has 0 saturated heterocycles. The number of sulfonamides is 1. The zero-order valence-electron chi connectivity index (χ0n) is 10.4. The Hall–Kier alpha value is -1.00. The Morgan fingerprint density at radius 1 is 1.58 bits per heavy atom. The van der Waals surface area contributed by atoms with Gasteiger partial charge in [0.05, 0.1) is 19.3 Å². The number of aromatic carboxylic acids is 1. The van der Waals surface area contributed by atoms with Crippen molar-refractivity contribution < 1.29 is 28.2 Å². The molecule has 0 saturated carbocycles. The van der Waals surface area contributed by atoms with Crippen molar-refractivity contribution in [1.82, 2.24) is 4.72 Å². The number of carboxylic acids is 1. The summed E-state index contributed by atoms with van der Waals surface area (Å²) in [4.78, 5) is 10.9. The molecule has 1 rings (SSSR count). The molecule has 1 heterocycles. The number of aliphatic hydroxyl groups is 1. The average Bonchev–Trinajstić information content (AvgIpc) is 2.71. The molecular formula is C10H15NO6S2. The summed E-state index contributed by atoms with van der Waals surface area (Å²) in [5.74, 6) is -1.17. The second-order valence-corrected chi connectivity index (χ2v) is 6.83. The topological polar surface area (TPSA) is 113 Å². The van der Waals surface area contributed by atoms with E-state index in [4.69, 9.17) is 14.9 Å². The maximum absolute atomic E-state index is 12.0. The number of ether oxygens (including phenoxy) is 1. The van der Waals surface area contributed by atoms with Crippen LogP contribution in [0.3, 0.4) is 0 Å². The highest BCUT2D eigenvalue weighted by molar-refractivity contribution is 7.91. The Labute approximate surface area is 114 Å². The number of carboxylic acid groups (broad SMARTS) is 1. The van der Waals surface area contributed by atoms with Gasteiger partial charge in [0.25, 0.3) is 0 Å². The number of methoxy groups -OCH3 is 1. The minimum absolute atomic E-state index is 0.0197. The van der Waals surface area contributed by atoms with Gasteiger partial charge in [-0.1, -0.05) is 0 Å². The Bertz CT molecular complexity index is 550. The molecule has 0 fully saturated rings. The number of aryl methyl sites for hydroxylation is 1. The fourth-order valence-corrected chi connectivity index (χ4v) is 4.01. The number of hydrogen-bond donors (Lipinski definition) is 3. The van der Waals surface area contributed by atoms with Crippen LogP contribution in [0.5, 0.6) is 0 Å². The van der Waals surface area contributed by atoms with E-state index >= 15 is 0 Å². The highest BCUT2D eigenvalue weighted by Crippen LogP contribution is 2.26. The number of hydrogen-bond acceptors (Lipinski definition) is 6.